The van der Waals surface area contributed by atoms with Gasteiger partial charge >= 0.3 is 0 Å². The first-order chi connectivity index (χ1) is 14.9. The summed E-state index contributed by atoms with van der Waals surface area (Å²) in [6, 6.07) is 18.1. The van der Waals surface area contributed by atoms with Crippen LogP contribution in [0.2, 0.25) is 5.02 Å². The fraction of sp³-hybridized carbons (Fsp3) is 0.0952. The minimum absolute atomic E-state index is 0.00594. The maximum absolute atomic E-state index is 11.5. The summed E-state index contributed by atoms with van der Waals surface area (Å²) in [5, 5.41) is 26.6. The molecule has 3 aromatic carbocycles. The monoisotopic (exact) mass is 457 g/mol. The highest BCUT2D eigenvalue weighted by Crippen LogP contribution is 2.32. The van der Waals surface area contributed by atoms with E-state index in [1.54, 1.807) is 36.4 Å². The topological polar surface area (TPSA) is 108 Å². The van der Waals surface area contributed by atoms with Crippen LogP contribution in [-0.4, -0.2) is 16.1 Å². The lowest BCUT2D eigenvalue weighted by molar-refractivity contribution is -0.387. The van der Waals surface area contributed by atoms with Gasteiger partial charge in [0.1, 0.15) is 6.61 Å². The van der Waals surface area contributed by atoms with Crippen molar-refractivity contribution in [3.05, 3.63) is 109 Å². The summed E-state index contributed by atoms with van der Waals surface area (Å²) in [7, 11) is 0. The summed E-state index contributed by atoms with van der Waals surface area (Å²) in [5.74, 6) is 0.573. The smallest absolute Gasteiger partial charge is 0.283 e. The van der Waals surface area contributed by atoms with E-state index in [1.807, 2.05) is 12.1 Å². The van der Waals surface area contributed by atoms with Gasteiger partial charge in [0.25, 0.3) is 11.4 Å². The molecule has 0 amide bonds. The molecule has 8 nitrogen and oxygen atoms in total. The Balaban J connectivity index is 1.61. The van der Waals surface area contributed by atoms with Gasteiger partial charge in [0, 0.05) is 34.5 Å². The minimum Gasteiger partial charge on any atom is -0.391 e. The van der Waals surface area contributed by atoms with Gasteiger partial charge in [-0.05, 0) is 41.5 Å². The second kappa shape index (κ2) is 10.6. The lowest BCUT2D eigenvalue weighted by Crippen LogP contribution is -1.94. The van der Waals surface area contributed by atoms with Crippen LogP contribution in [0.4, 0.5) is 11.4 Å². The van der Waals surface area contributed by atoms with Crippen molar-refractivity contribution in [1.29, 1.82) is 0 Å². The van der Waals surface area contributed by atoms with Gasteiger partial charge in [0.15, 0.2) is 0 Å². The molecule has 0 radical (unpaired) electrons. The van der Waals surface area contributed by atoms with E-state index < -0.39 is 9.85 Å². The average Bonchev–Trinajstić information content (AvgIpc) is 2.77. The summed E-state index contributed by atoms with van der Waals surface area (Å²) in [4.78, 5) is 26.9. The Kier molecular flexibility index (Phi) is 7.58. The highest BCUT2D eigenvalue weighted by Gasteiger charge is 2.15. The minimum atomic E-state index is -0.479. The summed E-state index contributed by atoms with van der Waals surface area (Å²) in [6.45, 7) is 0.117. The molecule has 0 spiro atoms. The molecule has 0 fully saturated rings. The van der Waals surface area contributed by atoms with E-state index in [2.05, 4.69) is 5.16 Å². The second-order valence-corrected chi connectivity index (χ2v) is 7.78. The van der Waals surface area contributed by atoms with Crippen molar-refractivity contribution in [3.63, 3.8) is 0 Å². The number of rotatable bonds is 9. The fourth-order valence-electron chi connectivity index (χ4n) is 2.54. The molecule has 3 aromatic rings. The summed E-state index contributed by atoms with van der Waals surface area (Å²) >= 11 is 7.24. The molecule has 0 unspecified atom stereocenters. The van der Waals surface area contributed by atoms with Gasteiger partial charge < -0.3 is 4.84 Å². The number of halogens is 1. The number of hydrogen-bond acceptors (Lipinski definition) is 7. The Morgan fingerprint density at radius 2 is 1.61 bits per heavy atom. The highest BCUT2D eigenvalue weighted by molar-refractivity contribution is 7.98. The number of hydrogen-bond donors (Lipinski definition) is 0. The number of oxime groups is 1. The largest absolute Gasteiger partial charge is 0.391 e. The predicted molar refractivity (Wildman–Crippen MR) is 120 cm³/mol. The molecular formula is C21H16ClN3O5S. The summed E-state index contributed by atoms with van der Waals surface area (Å²) in [5.41, 5.74) is 2.22. The van der Waals surface area contributed by atoms with E-state index in [0.717, 1.165) is 5.56 Å². The zero-order valence-electron chi connectivity index (χ0n) is 16.0. The van der Waals surface area contributed by atoms with Crippen LogP contribution >= 0.6 is 23.4 Å². The van der Waals surface area contributed by atoms with Gasteiger partial charge in [0.05, 0.1) is 21.0 Å². The van der Waals surface area contributed by atoms with Crippen LogP contribution in [0.15, 0.2) is 76.8 Å². The fourth-order valence-corrected chi connectivity index (χ4v) is 3.63. The number of thioether (sulfide) groups is 1. The maximum Gasteiger partial charge on any atom is 0.283 e. The standard InChI is InChI=1S/C21H16ClN3O5S/c22-18-6-1-16(2-7-18)14-31-21-10-5-17(11-20(21)25(28)29)12-23-30-13-15-3-8-19(9-4-15)24(26)27/h1-12H,13-14H2. The van der Waals surface area contributed by atoms with E-state index in [4.69, 9.17) is 16.4 Å². The van der Waals surface area contributed by atoms with Gasteiger partial charge in [-0.3, -0.25) is 20.2 Å². The van der Waals surface area contributed by atoms with Gasteiger partial charge in [-0.1, -0.05) is 35.0 Å². The van der Waals surface area contributed by atoms with E-state index >= 15 is 0 Å². The van der Waals surface area contributed by atoms with Crippen molar-refractivity contribution < 1.29 is 14.7 Å². The van der Waals surface area contributed by atoms with Crippen LogP contribution in [0.25, 0.3) is 0 Å². The predicted octanol–water partition coefficient (Wildman–Crippen LogP) is 6.00. The molecule has 158 valence electrons. The molecule has 3 rings (SSSR count). The average molecular weight is 458 g/mol. The van der Waals surface area contributed by atoms with Crippen LogP contribution in [0, 0.1) is 20.2 Å². The first kappa shape index (κ1) is 22.3. The zero-order chi connectivity index (χ0) is 22.2. The number of non-ortho nitro benzene ring substituents is 1. The second-order valence-electron chi connectivity index (χ2n) is 6.33. The van der Waals surface area contributed by atoms with Gasteiger partial charge in [-0.25, -0.2) is 0 Å². The van der Waals surface area contributed by atoms with Crippen molar-refractivity contribution in [2.75, 3.05) is 0 Å². The molecule has 0 heterocycles. The first-order valence-electron chi connectivity index (χ1n) is 8.97. The van der Waals surface area contributed by atoms with Gasteiger partial charge in [-0.2, -0.15) is 0 Å². The van der Waals surface area contributed by atoms with Crippen molar-refractivity contribution in [3.8, 4) is 0 Å². The first-order valence-corrected chi connectivity index (χ1v) is 10.3. The molecule has 10 heteroatoms. The third kappa shape index (κ3) is 6.53. The third-order valence-corrected chi connectivity index (χ3v) is 5.53. The van der Waals surface area contributed by atoms with Gasteiger partial charge in [0.2, 0.25) is 0 Å². The Hall–Kier alpha value is -3.43. The Morgan fingerprint density at radius 3 is 2.26 bits per heavy atom. The Morgan fingerprint density at radius 1 is 0.935 bits per heavy atom. The molecule has 0 saturated carbocycles. The molecule has 0 aliphatic carbocycles. The quantitative estimate of drug-likeness (QED) is 0.169. The molecule has 31 heavy (non-hydrogen) atoms. The molecule has 0 bridgehead atoms. The van der Waals surface area contributed by atoms with Crippen molar-refractivity contribution in [1.82, 2.24) is 0 Å². The third-order valence-electron chi connectivity index (χ3n) is 4.14. The summed E-state index contributed by atoms with van der Waals surface area (Å²) in [6.07, 6.45) is 1.38. The maximum atomic E-state index is 11.5. The molecular weight excluding hydrogens is 442 g/mol. The van der Waals surface area contributed by atoms with Crippen molar-refractivity contribution >= 4 is 41.0 Å². The normalized spacial score (nSPS) is 10.9. The Labute approximate surface area is 186 Å². The van der Waals surface area contributed by atoms with Crippen molar-refractivity contribution in [2.45, 2.75) is 17.3 Å². The summed E-state index contributed by atoms with van der Waals surface area (Å²) < 4.78 is 0. The SMILES string of the molecule is O=[N+]([O-])c1ccc(CON=Cc2ccc(SCc3ccc(Cl)cc3)c([N+](=O)[O-])c2)cc1. The molecule has 0 N–H and O–H groups in total. The van der Waals surface area contributed by atoms with Gasteiger partial charge in [-0.15, -0.1) is 11.8 Å². The van der Waals surface area contributed by atoms with Crippen LogP contribution in [0.3, 0.4) is 0 Å². The highest BCUT2D eigenvalue weighted by atomic mass is 35.5. The van der Waals surface area contributed by atoms with E-state index in [1.165, 1.54) is 36.2 Å². The molecule has 0 atom stereocenters. The van der Waals surface area contributed by atoms with Crippen LogP contribution in [0.1, 0.15) is 16.7 Å². The lowest BCUT2D eigenvalue weighted by Gasteiger charge is -2.05. The van der Waals surface area contributed by atoms with Crippen LogP contribution < -0.4 is 0 Å². The number of benzene rings is 3. The Bertz CT molecular complexity index is 1110. The molecule has 0 aromatic heterocycles. The van der Waals surface area contributed by atoms with Crippen LogP contribution in [-0.2, 0) is 17.2 Å². The lowest BCUT2D eigenvalue weighted by atomic mass is 10.2. The number of nitro groups is 2. The van der Waals surface area contributed by atoms with E-state index in [9.17, 15) is 20.2 Å². The van der Waals surface area contributed by atoms with Crippen LogP contribution in [0.5, 0.6) is 0 Å². The number of nitro benzene ring substituents is 2. The van der Waals surface area contributed by atoms with Crippen molar-refractivity contribution in [2.24, 2.45) is 5.16 Å². The molecule has 0 aliphatic rings. The van der Waals surface area contributed by atoms with E-state index in [-0.39, 0.29) is 18.0 Å². The zero-order valence-corrected chi connectivity index (χ0v) is 17.6. The number of nitrogens with zero attached hydrogens (tertiary/aromatic N) is 3. The molecule has 0 aliphatic heterocycles. The molecule has 0 saturated heterocycles. The van der Waals surface area contributed by atoms with E-state index in [0.29, 0.717) is 26.8 Å².